The Kier molecular flexibility index (Phi) is 4.41. The molecule has 2 N–H and O–H groups in total. The summed E-state index contributed by atoms with van der Waals surface area (Å²) in [6, 6.07) is 2.68. The lowest BCUT2D eigenvalue weighted by atomic mass is 10.2. The first kappa shape index (κ1) is 13.4. The molecular formula is C9H9F3N2O3. The first-order valence-corrected chi connectivity index (χ1v) is 4.48. The van der Waals surface area contributed by atoms with Crippen molar-refractivity contribution in [1.29, 1.82) is 0 Å². The van der Waals surface area contributed by atoms with E-state index in [1.165, 1.54) is 12.1 Å². The normalized spacial score (nSPS) is 11.5. The van der Waals surface area contributed by atoms with E-state index >= 15 is 0 Å². The molecule has 0 spiro atoms. The van der Waals surface area contributed by atoms with Crippen LogP contribution >= 0.6 is 0 Å². The Morgan fingerprint density at radius 3 is 2.65 bits per heavy atom. The monoisotopic (exact) mass is 250 g/mol. The molecule has 0 saturated carbocycles. The third-order valence-electron chi connectivity index (χ3n) is 1.66. The van der Waals surface area contributed by atoms with Crippen molar-refractivity contribution in [2.24, 2.45) is 0 Å². The van der Waals surface area contributed by atoms with Gasteiger partial charge in [-0.3, -0.25) is 9.82 Å². The lowest BCUT2D eigenvalue weighted by molar-refractivity contribution is -0.190. The van der Waals surface area contributed by atoms with Crippen LogP contribution in [0.3, 0.4) is 0 Å². The van der Waals surface area contributed by atoms with Gasteiger partial charge in [-0.05, 0) is 12.1 Å². The molecule has 8 heteroatoms. The number of carboxylic acids is 1. The predicted octanol–water partition coefficient (Wildman–Crippen LogP) is 1.36. The average Bonchev–Trinajstić information content (AvgIpc) is 2.24. The summed E-state index contributed by atoms with van der Waals surface area (Å²) in [5, 5.41) is 8.57. The molecule has 0 aliphatic heterocycles. The average molecular weight is 250 g/mol. The maximum atomic E-state index is 11.7. The number of aromatic nitrogens is 1. The number of carbonyl (C=O) groups is 1. The Morgan fingerprint density at radius 2 is 2.18 bits per heavy atom. The molecule has 0 atom stereocenters. The molecule has 1 heterocycles. The van der Waals surface area contributed by atoms with E-state index in [0.29, 0.717) is 5.69 Å². The number of alkyl halides is 3. The minimum Gasteiger partial charge on any atom is -0.478 e. The van der Waals surface area contributed by atoms with Gasteiger partial charge in [-0.25, -0.2) is 4.79 Å². The number of rotatable bonds is 5. The van der Waals surface area contributed by atoms with Gasteiger partial charge < -0.3 is 5.11 Å². The van der Waals surface area contributed by atoms with Crippen LogP contribution in [0.15, 0.2) is 18.3 Å². The van der Waals surface area contributed by atoms with Crippen molar-refractivity contribution in [3.63, 3.8) is 0 Å². The van der Waals surface area contributed by atoms with Crippen molar-refractivity contribution in [2.45, 2.75) is 12.7 Å². The Hall–Kier alpha value is -1.67. The second-order valence-electron chi connectivity index (χ2n) is 3.07. The summed E-state index contributed by atoms with van der Waals surface area (Å²) >= 11 is 0. The minimum absolute atomic E-state index is 0.00459. The van der Waals surface area contributed by atoms with Crippen molar-refractivity contribution in [2.75, 3.05) is 6.61 Å². The van der Waals surface area contributed by atoms with Gasteiger partial charge in [0.25, 0.3) is 0 Å². The number of nitrogens with zero attached hydrogens (tertiary/aromatic N) is 1. The van der Waals surface area contributed by atoms with Gasteiger partial charge in [-0.15, -0.1) is 0 Å². The second-order valence-corrected chi connectivity index (χ2v) is 3.07. The molecule has 0 amide bonds. The van der Waals surface area contributed by atoms with E-state index in [0.717, 1.165) is 6.20 Å². The van der Waals surface area contributed by atoms with Gasteiger partial charge in [0.05, 0.1) is 17.8 Å². The third kappa shape index (κ3) is 5.27. The molecular weight excluding hydrogens is 241 g/mol. The number of halogens is 3. The van der Waals surface area contributed by atoms with Crippen LogP contribution < -0.4 is 5.48 Å². The van der Waals surface area contributed by atoms with Crippen LogP contribution in [0.5, 0.6) is 0 Å². The molecule has 0 aliphatic carbocycles. The zero-order valence-electron chi connectivity index (χ0n) is 8.49. The van der Waals surface area contributed by atoms with Gasteiger partial charge in [-0.2, -0.15) is 18.7 Å². The fourth-order valence-electron chi connectivity index (χ4n) is 0.913. The SMILES string of the molecule is O=C(O)c1ccc(CNOCC(F)(F)F)nc1. The van der Waals surface area contributed by atoms with E-state index in [2.05, 4.69) is 15.3 Å². The van der Waals surface area contributed by atoms with Crippen LogP contribution in [0, 0.1) is 0 Å². The molecule has 0 saturated heterocycles. The zero-order chi connectivity index (χ0) is 12.9. The van der Waals surface area contributed by atoms with Gasteiger partial charge in [0, 0.05) is 6.20 Å². The summed E-state index contributed by atoms with van der Waals surface area (Å²) in [6.07, 6.45) is -3.28. The lowest BCUT2D eigenvalue weighted by Crippen LogP contribution is -2.24. The fourth-order valence-corrected chi connectivity index (χ4v) is 0.913. The van der Waals surface area contributed by atoms with Crippen LogP contribution in [0.25, 0.3) is 0 Å². The van der Waals surface area contributed by atoms with E-state index in [-0.39, 0.29) is 12.1 Å². The summed E-state index contributed by atoms with van der Waals surface area (Å²) in [6.45, 7) is -1.45. The third-order valence-corrected chi connectivity index (χ3v) is 1.66. The molecule has 17 heavy (non-hydrogen) atoms. The minimum atomic E-state index is -4.40. The molecule has 0 aliphatic rings. The standard InChI is InChI=1S/C9H9F3N2O3/c10-9(11,12)5-17-14-4-7-2-1-6(3-13-7)8(15)16/h1-3,14H,4-5H2,(H,15,16). The predicted molar refractivity (Wildman–Crippen MR) is 50.0 cm³/mol. The summed E-state index contributed by atoms with van der Waals surface area (Å²) < 4.78 is 35.0. The van der Waals surface area contributed by atoms with Crippen molar-refractivity contribution >= 4 is 5.97 Å². The largest absolute Gasteiger partial charge is 0.478 e. The fraction of sp³-hybridized carbons (Fsp3) is 0.333. The second kappa shape index (κ2) is 5.60. The number of carboxylic acid groups (broad SMARTS) is 1. The zero-order valence-corrected chi connectivity index (χ0v) is 8.49. The number of hydrogen-bond donors (Lipinski definition) is 2. The quantitative estimate of drug-likeness (QED) is 0.610. The van der Waals surface area contributed by atoms with Gasteiger partial charge >= 0.3 is 12.1 Å². The smallest absolute Gasteiger partial charge is 0.413 e. The van der Waals surface area contributed by atoms with E-state index in [1.54, 1.807) is 0 Å². The molecule has 0 aromatic carbocycles. The van der Waals surface area contributed by atoms with Gasteiger partial charge in [0.15, 0.2) is 6.61 Å². The van der Waals surface area contributed by atoms with Crippen molar-refractivity contribution in [3.05, 3.63) is 29.6 Å². The highest BCUT2D eigenvalue weighted by molar-refractivity contribution is 5.87. The highest BCUT2D eigenvalue weighted by Crippen LogP contribution is 2.13. The highest BCUT2D eigenvalue weighted by atomic mass is 19.4. The maximum absolute atomic E-state index is 11.7. The molecule has 1 aromatic heterocycles. The summed E-state index contributed by atoms with van der Waals surface area (Å²) in [7, 11) is 0. The lowest BCUT2D eigenvalue weighted by Gasteiger charge is -2.08. The van der Waals surface area contributed by atoms with E-state index < -0.39 is 18.8 Å². The Morgan fingerprint density at radius 1 is 1.47 bits per heavy atom. The van der Waals surface area contributed by atoms with E-state index in [1.807, 2.05) is 0 Å². The van der Waals surface area contributed by atoms with Gasteiger partial charge in [0.2, 0.25) is 0 Å². The Balaban J connectivity index is 2.35. The Labute approximate surface area is 94.2 Å². The van der Waals surface area contributed by atoms with E-state index in [4.69, 9.17) is 5.11 Å². The van der Waals surface area contributed by atoms with Crippen LogP contribution in [0.2, 0.25) is 0 Å². The first-order valence-electron chi connectivity index (χ1n) is 4.48. The number of hydroxylamine groups is 1. The topological polar surface area (TPSA) is 71.5 Å². The van der Waals surface area contributed by atoms with Crippen LogP contribution in [-0.2, 0) is 11.4 Å². The van der Waals surface area contributed by atoms with Crippen molar-refractivity contribution in [1.82, 2.24) is 10.5 Å². The molecule has 1 aromatic rings. The van der Waals surface area contributed by atoms with Crippen molar-refractivity contribution < 1.29 is 27.9 Å². The number of nitrogens with one attached hydrogen (secondary N) is 1. The summed E-state index contributed by atoms with van der Waals surface area (Å²) in [5.41, 5.74) is 2.45. The first-order chi connectivity index (χ1) is 7.88. The van der Waals surface area contributed by atoms with Gasteiger partial charge in [-0.1, -0.05) is 0 Å². The van der Waals surface area contributed by atoms with Crippen molar-refractivity contribution in [3.8, 4) is 0 Å². The molecule has 0 radical (unpaired) electrons. The molecule has 1 rings (SSSR count). The maximum Gasteiger partial charge on any atom is 0.413 e. The molecule has 0 fully saturated rings. The summed E-state index contributed by atoms with van der Waals surface area (Å²) in [5.74, 6) is -1.12. The highest BCUT2D eigenvalue weighted by Gasteiger charge is 2.27. The number of aromatic carboxylic acids is 1. The molecule has 5 nitrogen and oxygen atoms in total. The van der Waals surface area contributed by atoms with Crippen LogP contribution in [0.1, 0.15) is 16.1 Å². The molecule has 0 unspecified atom stereocenters. The van der Waals surface area contributed by atoms with Crippen LogP contribution in [0.4, 0.5) is 13.2 Å². The molecule has 0 bridgehead atoms. The summed E-state index contributed by atoms with van der Waals surface area (Å²) in [4.78, 5) is 18.4. The van der Waals surface area contributed by atoms with Crippen LogP contribution in [-0.4, -0.2) is 28.8 Å². The molecule has 94 valence electrons. The van der Waals surface area contributed by atoms with Gasteiger partial charge in [0.1, 0.15) is 0 Å². The number of pyridine rings is 1. The van der Waals surface area contributed by atoms with E-state index in [9.17, 15) is 18.0 Å². The Bertz CT molecular complexity index is 378. The number of hydrogen-bond acceptors (Lipinski definition) is 4.